The van der Waals surface area contributed by atoms with E-state index < -0.39 is 18.1 Å². The fourth-order valence-corrected chi connectivity index (χ4v) is 3.18. The molecule has 0 bridgehead atoms. The molecule has 2 rings (SSSR count). The van der Waals surface area contributed by atoms with Crippen molar-refractivity contribution in [1.29, 1.82) is 0 Å². The van der Waals surface area contributed by atoms with Gasteiger partial charge in [-0.1, -0.05) is 41.9 Å². The number of halogens is 3. The molecule has 2 aromatic rings. The summed E-state index contributed by atoms with van der Waals surface area (Å²) in [4.78, 5) is 0.394. The predicted molar refractivity (Wildman–Crippen MR) is 84.0 cm³/mol. The minimum Gasteiger partial charge on any atom is -0.218 e. The zero-order chi connectivity index (χ0) is 16.1. The summed E-state index contributed by atoms with van der Waals surface area (Å²) in [6, 6.07) is 14.7. The highest BCUT2D eigenvalue weighted by Gasteiger charge is 2.19. The van der Waals surface area contributed by atoms with Crippen molar-refractivity contribution in [1.82, 2.24) is 0 Å². The number of sulfone groups is 1. The lowest BCUT2D eigenvalue weighted by Gasteiger charge is -2.05. The molecule has 0 aliphatic rings. The quantitative estimate of drug-likeness (QED) is 0.733. The second kappa shape index (κ2) is 7.47. The Morgan fingerprint density at radius 3 is 1.62 bits per heavy atom. The van der Waals surface area contributed by atoms with Crippen LogP contribution in [0.3, 0.4) is 0 Å². The highest BCUT2D eigenvalue weighted by atomic mass is 36.0. The van der Waals surface area contributed by atoms with Gasteiger partial charge in [-0.2, -0.15) is 8.42 Å². The van der Waals surface area contributed by atoms with Gasteiger partial charge in [-0.05, 0) is 24.3 Å². The van der Waals surface area contributed by atoms with Crippen LogP contribution in [-0.2, 0) is 18.1 Å². The van der Waals surface area contributed by atoms with E-state index in [2.05, 4.69) is 21.4 Å². The Morgan fingerprint density at radius 1 is 0.714 bits per heavy atom. The van der Waals surface area contributed by atoms with Crippen molar-refractivity contribution in [3.05, 3.63) is 59.6 Å². The fraction of sp³-hybridized carbons (Fsp3) is 0. The number of hydrogen-bond acceptors (Lipinski definition) is 4. The summed E-state index contributed by atoms with van der Waals surface area (Å²) < 4.78 is 42.7. The van der Waals surface area contributed by atoms with Crippen molar-refractivity contribution < 1.29 is 16.8 Å². The summed E-state index contributed by atoms with van der Waals surface area (Å²) >= 11 is 5.88. The molecule has 0 spiro atoms. The maximum absolute atomic E-state index is 12.2. The largest absolute Gasteiger partial charge is 0.317 e. The third-order valence-corrected chi connectivity index (χ3v) is 4.45. The Morgan fingerprint density at radius 2 is 1.14 bits per heavy atom. The van der Waals surface area contributed by atoms with Gasteiger partial charge < -0.3 is 0 Å². The molecule has 0 unspecified atom stereocenters. The molecule has 114 valence electrons. The first-order valence-electron chi connectivity index (χ1n) is 5.31. The molecule has 0 heterocycles. The van der Waals surface area contributed by atoms with Gasteiger partial charge in [0.2, 0.25) is 9.84 Å². The molecular weight excluding hydrogens is 379 g/mol. The third kappa shape index (κ3) is 6.23. The summed E-state index contributed by atoms with van der Waals surface area (Å²) in [5.41, 5.74) is 0. The summed E-state index contributed by atoms with van der Waals surface area (Å²) in [7, 11) is 1.31. The zero-order valence-corrected chi connectivity index (χ0v) is 14.2. The van der Waals surface area contributed by atoms with Gasteiger partial charge in [0.05, 0.1) is 14.8 Å². The first kappa shape index (κ1) is 18.3. The topological polar surface area (TPSA) is 68.3 Å². The van der Waals surface area contributed by atoms with Crippen LogP contribution in [0.5, 0.6) is 0 Å². The lowest BCUT2D eigenvalue weighted by Crippen LogP contribution is -2.02. The number of hydrogen-bond donors (Lipinski definition) is 0. The molecule has 0 atom stereocenters. The standard InChI is InChI=1S/C12H9ClO2S.Cl2O2S/c13-11-8-4-5-9-12(11)16(14,15)10-6-2-1-3-7-10;1-5(2,3)4/h1-9H;. The molecule has 2 aromatic carbocycles. The molecule has 0 saturated heterocycles. The lowest BCUT2D eigenvalue weighted by molar-refractivity contribution is 0.596. The van der Waals surface area contributed by atoms with Crippen LogP contribution in [-0.4, -0.2) is 16.8 Å². The van der Waals surface area contributed by atoms with E-state index in [0.717, 1.165) is 0 Å². The van der Waals surface area contributed by atoms with Gasteiger partial charge in [0.1, 0.15) is 0 Å². The molecule has 0 amide bonds. The van der Waals surface area contributed by atoms with E-state index in [1.54, 1.807) is 48.5 Å². The predicted octanol–water partition coefficient (Wildman–Crippen LogP) is 3.88. The SMILES string of the molecule is O=S(=O)(Cl)Cl.O=S(=O)(c1ccccc1)c1ccccc1Cl. The van der Waals surface area contributed by atoms with Crippen LogP contribution < -0.4 is 0 Å². The Bertz CT molecular complexity index is 795. The van der Waals surface area contributed by atoms with Crippen molar-refractivity contribution in [2.45, 2.75) is 9.79 Å². The van der Waals surface area contributed by atoms with Crippen LogP contribution in [0.25, 0.3) is 0 Å². The first-order valence-corrected chi connectivity index (χ1v) is 10.3. The van der Waals surface area contributed by atoms with E-state index in [4.69, 9.17) is 20.0 Å². The highest BCUT2D eigenvalue weighted by Crippen LogP contribution is 2.26. The van der Waals surface area contributed by atoms with E-state index in [9.17, 15) is 8.42 Å². The van der Waals surface area contributed by atoms with Crippen molar-refractivity contribution in [3.63, 3.8) is 0 Å². The number of rotatable bonds is 2. The molecule has 0 radical (unpaired) electrons. The molecular formula is C12H9Cl3O4S2. The maximum atomic E-state index is 12.2. The molecule has 21 heavy (non-hydrogen) atoms. The maximum Gasteiger partial charge on any atom is 0.317 e. The molecule has 0 fully saturated rings. The molecule has 4 nitrogen and oxygen atoms in total. The van der Waals surface area contributed by atoms with Gasteiger partial charge in [-0.3, -0.25) is 0 Å². The Hall–Kier alpha value is -0.790. The normalized spacial score (nSPS) is 11.4. The van der Waals surface area contributed by atoms with Crippen LogP contribution in [0.2, 0.25) is 5.02 Å². The van der Waals surface area contributed by atoms with Crippen molar-refractivity contribution >= 4 is 51.1 Å². The Balaban J connectivity index is 0.000000383. The fourth-order valence-electron chi connectivity index (χ4n) is 1.39. The van der Waals surface area contributed by atoms with Gasteiger partial charge in [0.25, 0.3) is 0 Å². The molecule has 0 N–H and O–H groups in total. The molecule has 0 aromatic heterocycles. The third-order valence-electron chi connectivity index (χ3n) is 2.18. The summed E-state index contributed by atoms with van der Waals surface area (Å²) in [5, 5.41) is 0.242. The van der Waals surface area contributed by atoms with Gasteiger partial charge in [0.15, 0.2) is 0 Å². The van der Waals surface area contributed by atoms with Gasteiger partial charge >= 0.3 is 8.26 Å². The molecule has 9 heteroatoms. The van der Waals surface area contributed by atoms with E-state index in [1.165, 1.54) is 6.07 Å². The average Bonchev–Trinajstić information content (AvgIpc) is 2.38. The van der Waals surface area contributed by atoms with Gasteiger partial charge in [0, 0.05) is 21.4 Å². The minimum absolute atomic E-state index is 0.142. The van der Waals surface area contributed by atoms with Crippen LogP contribution >= 0.6 is 33.0 Å². The van der Waals surface area contributed by atoms with Crippen molar-refractivity contribution in [2.75, 3.05) is 0 Å². The van der Waals surface area contributed by atoms with E-state index >= 15 is 0 Å². The van der Waals surface area contributed by atoms with Gasteiger partial charge in [-0.25, -0.2) is 8.42 Å². The summed E-state index contributed by atoms with van der Waals surface area (Å²) in [6.45, 7) is 0. The van der Waals surface area contributed by atoms with Gasteiger partial charge in [-0.15, -0.1) is 0 Å². The highest BCUT2D eigenvalue weighted by molar-refractivity contribution is 8.31. The molecule has 0 aliphatic heterocycles. The lowest BCUT2D eigenvalue weighted by atomic mass is 10.4. The van der Waals surface area contributed by atoms with E-state index in [0.29, 0.717) is 0 Å². The second-order valence-electron chi connectivity index (χ2n) is 3.63. The molecule has 0 saturated carbocycles. The Labute approximate surface area is 137 Å². The monoisotopic (exact) mass is 386 g/mol. The van der Waals surface area contributed by atoms with Crippen molar-refractivity contribution in [2.24, 2.45) is 0 Å². The average molecular weight is 388 g/mol. The van der Waals surface area contributed by atoms with E-state index in [-0.39, 0.29) is 14.8 Å². The number of benzene rings is 2. The van der Waals surface area contributed by atoms with Crippen LogP contribution in [0, 0.1) is 0 Å². The summed E-state index contributed by atoms with van der Waals surface area (Å²) in [5.74, 6) is 0. The van der Waals surface area contributed by atoms with Crippen molar-refractivity contribution in [3.8, 4) is 0 Å². The molecule has 0 aliphatic carbocycles. The zero-order valence-electron chi connectivity index (χ0n) is 10.3. The summed E-state index contributed by atoms with van der Waals surface area (Å²) in [6.07, 6.45) is 0. The Kier molecular flexibility index (Phi) is 6.49. The first-order chi connectivity index (χ1) is 9.62. The van der Waals surface area contributed by atoms with Crippen LogP contribution in [0.4, 0.5) is 0 Å². The minimum atomic E-state index is -3.72. The smallest absolute Gasteiger partial charge is 0.218 e. The van der Waals surface area contributed by atoms with Crippen LogP contribution in [0.1, 0.15) is 0 Å². The van der Waals surface area contributed by atoms with E-state index in [1.807, 2.05) is 0 Å². The second-order valence-corrected chi connectivity index (χ2v) is 9.62. The van der Waals surface area contributed by atoms with Crippen LogP contribution in [0.15, 0.2) is 64.4 Å².